The molecule has 1 aliphatic carbocycles. The minimum absolute atomic E-state index is 0.135. The molecule has 4 heteroatoms. The number of anilines is 1. The average Bonchev–Trinajstić information content (AvgIpc) is 2.67. The van der Waals surface area contributed by atoms with Crippen molar-refractivity contribution in [2.45, 2.75) is 26.2 Å². The van der Waals surface area contributed by atoms with E-state index in [0.717, 1.165) is 16.3 Å². The number of carbonyl (C=O) groups excluding carboxylic acids is 2. The molecule has 1 aliphatic rings. The van der Waals surface area contributed by atoms with Crippen LogP contribution in [0.2, 0.25) is 0 Å². The maximum Gasteiger partial charge on any atom is 0.256 e. The number of amides is 2. The predicted octanol–water partition coefficient (Wildman–Crippen LogP) is 4.93. The summed E-state index contributed by atoms with van der Waals surface area (Å²) in [5.74, 6) is 0.236. The molecule has 0 unspecified atom stereocenters. The molecular formula is C24H24N2O2. The van der Waals surface area contributed by atoms with E-state index in [2.05, 4.69) is 10.6 Å². The van der Waals surface area contributed by atoms with Crippen molar-refractivity contribution in [3.63, 3.8) is 0 Å². The lowest BCUT2D eigenvalue weighted by molar-refractivity contribution is 0.0940. The number of nitrogens with one attached hydrogen (secondary N) is 2. The molecule has 0 heterocycles. The summed E-state index contributed by atoms with van der Waals surface area (Å²) >= 11 is 0. The molecule has 3 aromatic carbocycles. The monoisotopic (exact) mass is 372 g/mol. The third-order valence-corrected chi connectivity index (χ3v) is 5.48. The third kappa shape index (κ3) is 3.77. The molecule has 1 fully saturated rings. The van der Waals surface area contributed by atoms with Crippen molar-refractivity contribution < 1.29 is 9.59 Å². The van der Waals surface area contributed by atoms with E-state index < -0.39 is 0 Å². The summed E-state index contributed by atoms with van der Waals surface area (Å²) in [6, 6.07) is 19.0. The molecule has 2 amide bonds. The highest BCUT2D eigenvalue weighted by molar-refractivity contribution is 6.14. The van der Waals surface area contributed by atoms with Crippen LogP contribution < -0.4 is 10.6 Å². The van der Waals surface area contributed by atoms with E-state index in [4.69, 9.17) is 0 Å². The number of benzene rings is 3. The van der Waals surface area contributed by atoms with Crippen LogP contribution in [0.5, 0.6) is 0 Å². The molecule has 1 saturated carbocycles. The molecule has 0 radical (unpaired) electrons. The van der Waals surface area contributed by atoms with Gasteiger partial charge in [0.05, 0.1) is 11.3 Å². The quantitative estimate of drug-likeness (QED) is 0.667. The maximum absolute atomic E-state index is 13.0. The van der Waals surface area contributed by atoms with Gasteiger partial charge in [0.25, 0.3) is 11.8 Å². The van der Waals surface area contributed by atoms with Crippen LogP contribution in [0, 0.1) is 12.8 Å². The predicted molar refractivity (Wildman–Crippen MR) is 113 cm³/mol. The summed E-state index contributed by atoms with van der Waals surface area (Å²) < 4.78 is 0. The van der Waals surface area contributed by atoms with Gasteiger partial charge in [0.2, 0.25) is 0 Å². The van der Waals surface area contributed by atoms with Gasteiger partial charge in [-0.15, -0.1) is 0 Å². The number of hydrogen-bond acceptors (Lipinski definition) is 2. The van der Waals surface area contributed by atoms with E-state index >= 15 is 0 Å². The van der Waals surface area contributed by atoms with Gasteiger partial charge in [-0.05, 0) is 54.7 Å². The lowest BCUT2D eigenvalue weighted by Gasteiger charge is -2.25. The molecule has 0 bridgehead atoms. The number of aryl methyl sites for hydroxylation is 1. The number of fused-ring (bicyclic) bond motifs is 1. The largest absolute Gasteiger partial charge is 0.352 e. The molecule has 4 rings (SSSR count). The van der Waals surface area contributed by atoms with Crippen molar-refractivity contribution in [1.82, 2.24) is 5.32 Å². The number of rotatable bonds is 5. The topological polar surface area (TPSA) is 58.2 Å². The second-order valence-electron chi connectivity index (χ2n) is 7.54. The normalized spacial score (nSPS) is 13.8. The molecule has 0 aromatic heterocycles. The van der Waals surface area contributed by atoms with Crippen molar-refractivity contribution in [3.8, 4) is 0 Å². The van der Waals surface area contributed by atoms with E-state index in [1.165, 1.54) is 19.3 Å². The van der Waals surface area contributed by atoms with Crippen molar-refractivity contribution in [3.05, 3.63) is 77.4 Å². The molecule has 142 valence electrons. The van der Waals surface area contributed by atoms with E-state index in [-0.39, 0.29) is 11.8 Å². The SMILES string of the molecule is Cc1ccc(NC(=O)c2cccc3ccccc23)c(C(=O)NCC2CCC2)c1. The first kappa shape index (κ1) is 18.2. The minimum atomic E-state index is -0.214. The van der Waals surface area contributed by atoms with E-state index in [1.54, 1.807) is 6.07 Å². The standard InChI is InChI=1S/C24H24N2O2/c1-16-12-13-22(21(14-16)23(27)25-15-17-6-4-7-17)26-24(28)20-11-5-9-18-8-2-3-10-19(18)20/h2-3,5,8-14,17H,4,6-7,15H2,1H3,(H,25,27)(H,26,28). The van der Waals surface area contributed by atoms with Crippen LogP contribution in [0.4, 0.5) is 5.69 Å². The number of hydrogen-bond donors (Lipinski definition) is 2. The minimum Gasteiger partial charge on any atom is -0.352 e. The van der Waals surface area contributed by atoms with Crippen molar-refractivity contribution in [2.75, 3.05) is 11.9 Å². The fourth-order valence-electron chi connectivity index (χ4n) is 3.60. The Morgan fingerprint density at radius 3 is 2.50 bits per heavy atom. The molecule has 0 spiro atoms. The zero-order valence-electron chi connectivity index (χ0n) is 16.0. The molecule has 3 aromatic rings. The Balaban J connectivity index is 1.58. The van der Waals surface area contributed by atoms with Gasteiger partial charge in [0.1, 0.15) is 0 Å². The van der Waals surface area contributed by atoms with Gasteiger partial charge in [-0.3, -0.25) is 9.59 Å². The fourth-order valence-corrected chi connectivity index (χ4v) is 3.60. The Kier molecular flexibility index (Phi) is 5.11. The van der Waals surface area contributed by atoms with E-state index in [9.17, 15) is 9.59 Å². The maximum atomic E-state index is 13.0. The molecule has 4 nitrogen and oxygen atoms in total. The Labute approximate surface area is 165 Å². The first-order valence-electron chi connectivity index (χ1n) is 9.80. The molecule has 28 heavy (non-hydrogen) atoms. The smallest absolute Gasteiger partial charge is 0.256 e. The summed E-state index contributed by atoms with van der Waals surface area (Å²) in [7, 11) is 0. The Bertz CT molecular complexity index is 1030. The first-order chi connectivity index (χ1) is 13.6. The van der Waals surface area contributed by atoms with Crippen molar-refractivity contribution >= 4 is 28.3 Å². The lowest BCUT2D eigenvalue weighted by Crippen LogP contribution is -2.32. The van der Waals surface area contributed by atoms with Crippen LogP contribution in [0.15, 0.2) is 60.7 Å². The van der Waals surface area contributed by atoms with Gasteiger partial charge in [-0.2, -0.15) is 0 Å². The summed E-state index contributed by atoms with van der Waals surface area (Å²) in [5.41, 5.74) is 2.62. The van der Waals surface area contributed by atoms with Crippen LogP contribution in [0.3, 0.4) is 0 Å². The Hall–Kier alpha value is -3.14. The van der Waals surface area contributed by atoms with Gasteiger partial charge in [0.15, 0.2) is 0 Å². The highest BCUT2D eigenvalue weighted by atomic mass is 16.2. The van der Waals surface area contributed by atoms with Crippen LogP contribution in [0.1, 0.15) is 45.5 Å². The second-order valence-corrected chi connectivity index (χ2v) is 7.54. The summed E-state index contributed by atoms with van der Waals surface area (Å²) in [6.45, 7) is 2.64. The van der Waals surface area contributed by atoms with Gasteiger partial charge in [0, 0.05) is 12.1 Å². The highest BCUT2D eigenvalue weighted by Gasteiger charge is 2.20. The summed E-state index contributed by atoms with van der Waals surface area (Å²) in [6.07, 6.45) is 3.61. The molecule has 2 N–H and O–H groups in total. The lowest BCUT2D eigenvalue weighted by atomic mass is 9.85. The van der Waals surface area contributed by atoms with Crippen LogP contribution >= 0.6 is 0 Å². The highest BCUT2D eigenvalue weighted by Crippen LogP contribution is 2.26. The van der Waals surface area contributed by atoms with Gasteiger partial charge >= 0.3 is 0 Å². The van der Waals surface area contributed by atoms with Crippen molar-refractivity contribution in [2.24, 2.45) is 5.92 Å². The fraction of sp³-hybridized carbons (Fsp3) is 0.250. The van der Waals surface area contributed by atoms with E-state index in [1.807, 2.05) is 61.5 Å². The molecule has 0 atom stereocenters. The van der Waals surface area contributed by atoms with Gasteiger partial charge < -0.3 is 10.6 Å². The van der Waals surface area contributed by atoms with Crippen LogP contribution in [0.25, 0.3) is 10.8 Å². The average molecular weight is 372 g/mol. The summed E-state index contributed by atoms with van der Waals surface area (Å²) in [5, 5.41) is 7.87. The van der Waals surface area contributed by atoms with Gasteiger partial charge in [-0.1, -0.05) is 54.4 Å². The Morgan fingerprint density at radius 2 is 1.71 bits per heavy atom. The summed E-state index contributed by atoms with van der Waals surface area (Å²) in [4.78, 5) is 25.7. The molecule has 0 saturated heterocycles. The molecular weight excluding hydrogens is 348 g/mol. The third-order valence-electron chi connectivity index (χ3n) is 5.48. The van der Waals surface area contributed by atoms with E-state index in [0.29, 0.717) is 29.3 Å². The second kappa shape index (κ2) is 7.85. The Morgan fingerprint density at radius 1 is 0.929 bits per heavy atom. The van der Waals surface area contributed by atoms with Crippen LogP contribution in [-0.4, -0.2) is 18.4 Å². The van der Waals surface area contributed by atoms with Crippen molar-refractivity contribution in [1.29, 1.82) is 0 Å². The molecule has 0 aliphatic heterocycles. The first-order valence-corrected chi connectivity index (χ1v) is 9.80. The zero-order valence-corrected chi connectivity index (χ0v) is 16.0. The number of carbonyl (C=O) groups is 2. The zero-order chi connectivity index (χ0) is 19.5. The van der Waals surface area contributed by atoms with Crippen LogP contribution in [-0.2, 0) is 0 Å². The van der Waals surface area contributed by atoms with Gasteiger partial charge in [-0.25, -0.2) is 0 Å².